The third-order valence-corrected chi connectivity index (χ3v) is 2.29. The van der Waals surface area contributed by atoms with Crippen molar-refractivity contribution in [1.29, 1.82) is 0 Å². The number of nitrogens with zero attached hydrogens (tertiary/aromatic N) is 1. The normalized spacial score (nSPS) is 10.2. The molecule has 8 nitrogen and oxygen atoms in total. The van der Waals surface area contributed by atoms with Crippen LogP contribution in [0.2, 0.25) is 0 Å². The number of H-pyrrole nitrogens is 2. The molecule has 0 saturated carbocycles. The molecule has 0 saturated heterocycles. The highest BCUT2D eigenvalue weighted by molar-refractivity contribution is 5.86. The van der Waals surface area contributed by atoms with Crippen LogP contribution in [0.5, 0.6) is 0 Å². The zero-order valence-corrected chi connectivity index (χ0v) is 10.5. The fraction of sp³-hybridized carbons (Fsp3) is 0.455. The molecule has 0 aliphatic rings. The molecular weight excluding hydrogens is 254 g/mol. The van der Waals surface area contributed by atoms with Crippen LogP contribution in [0.1, 0.15) is 19.8 Å². The summed E-state index contributed by atoms with van der Waals surface area (Å²) in [5, 5.41) is 0. The first kappa shape index (κ1) is 14.7. The zero-order chi connectivity index (χ0) is 14.4. The Bertz CT molecular complexity index is 602. The average Bonchev–Trinajstić information content (AvgIpc) is 2.30. The molecule has 0 atom stereocenters. The summed E-state index contributed by atoms with van der Waals surface area (Å²) >= 11 is 0. The maximum Gasteiger partial charge on any atom is 0.333 e. The summed E-state index contributed by atoms with van der Waals surface area (Å²) in [6.45, 7) is 5.29. The summed E-state index contributed by atoms with van der Waals surface area (Å²) in [6, 6.07) is 0. The maximum absolute atomic E-state index is 11.3. The van der Waals surface area contributed by atoms with Gasteiger partial charge in [-0.25, -0.2) is 23.7 Å². The zero-order valence-electron chi connectivity index (χ0n) is 10.5. The Balaban J connectivity index is 2.45. The molecule has 0 bridgehead atoms. The van der Waals surface area contributed by atoms with E-state index in [1.54, 1.807) is 6.92 Å². The first-order valence-electron chi connectivity index (χ1n) is 5.68. The van der Waals surface area contributed by atoms with Gasteiger partial charge in [0.25, 0.3) is 0 Å². The van der Waals surface area contributed by atoms with Crippen LogP contribution in [0.4, 0.5) is 0 Å². The van der Waals surface area contributed by atoms with Crippen LogP contribution in [-0.2, 0) is 16.1 Å². The summed E-state index contributed by atoms with van der Waals surface area (Å²) in [7, 11) is 0. The van der Waals surface area contributed by atoms with Crippen molar-refractivity contribution in [2.24, 2.45) is 0 Å². The van der Waals surface area contributed by atoms with Crippen molar-refractivity contribution in [2.45, 2.75) is 26.3 Å². The minimum absolute atomic E-state index is 0.134. The van der Waals surface area contributed by atoms with Crippen LogP contribution < -0.4 is 17.1 Å². The number of nitrogens with one attached hydrogen (secondary N) is 2. The van der Waals surface area contributed by atoms with Gasteiger partial charge in [-0.3, -0.25) is 9.97 Å². The molecule has 0 spiro atoms. The number of aromatic amines is 2. The number of ether oxygens (including phenoxy) is 1. The van der Waals surface area contributed by atoms with Gasteiger partial charge in [0.1, 0.15) is 0 Å². The van der Waals surface area contributed by atoms with Gasteiger partial charge in [0.2, 0.25) is 0 Å². The van der Waals surface area contributed by atoms with E-state index in [9.17, 15) is 19.2 Å². The van der Waals surface area contributed by atoms with Crippen molar-refractivity contribution in [3.05, 3.63) is 43.6 Å². The van der Waals surface area contributed by atoms with Gasteiger partial charge in [-0.15, -0.1) is 0 Å². The molecule has 1 aromatic rings. The number of esters is 1. The first-order chi connectivity index (χ1) is 8.91. The fourth-order valence-corrected chi connectivity index (χ4v) is 1.32. The predicted molar refractivity (Wildman–Crippen MR) is 67.0 cm³/mol. The predicted octanol–water partition coefficient (Wildman–Crippen LogP) is -0.876. The standard InChI is InChI=1S/C11H15N3O5/c1-7(2)8(15)19-6-4-3-5-14-10(17)12-9(16)13-11(14)18/h1,3-6H2,2H3,(H2,12,13,16,17,18). The Hall–Kier alpha value is -2.38. The van der Waals surface area contributed by atoms with Crippen molar-refractivity contribution in [1.82, 2.24) is 14.5 Å². The molecule has 0 aliphatic heterocycles. The third kappa shape index (κ3) is 4.41. The highest BCUT2D eigenvalue weighted by Gasteiger charge is 2.04. The molecule has 0 unspecified atom stereocenters. The Kier molecular flexibility index (Phi) is 5.04. The minimum atomic E-state index is -0.832. The fourth-order valence-electron chi connectivity index (χ4n) is 1.32. The van der Waals surface area contributed by atoms with Crippen LogP contribution in [0, 0.1) is 0 Å². The number of rotatable bonds is 6. The van der Waals surface area contributed by atoms with E-state index in [4.69, 9.17) is 4.74 Å². The SMILES string of the molecule is C=C(C)C(=O)OCCCCn1c(=O)[nH]c(=O)[nH]c1=O. The van der Waals surface area contributed by atoms with Crippen LogP contribution >= 0.6 is 0 Å². The molecule has 0 amide bonds. The Morgan fingerprint density at radius 2 is 1.79 bits per heavy atom. The van der Waals surface area contributed by atoms with Crippen molar-refractivity contribution in [3.8, 4) is 0 Å². The highest BCUT2D eigenvalue weighted by Crippen LogP contribution is 1.96. The summed E-state index contributed by atoms with van der Waals surface area (Å²) in [4.78, 5) is 48.4. The van der Waals surface area contributed by atoms with Gasteiger partial charge in [-0.2, -0.15) is 0 Å². The molecule has 1 rings (SSSR count). The van der Waals surface area contributed by atoms with Crippen molar-refractivity contribution < 1.29 is 9.53 Å². The summed E-state index contributed by atoms with van der Waals surface area (Å²) in [6.07, 6.45) is 0.947. The van der Waals surface area contributed by atoms with Crippen molar-refractivity contribution >= 4 is 5.97 Å². The number of unbranched alkanes of at least 4 members (excludes halogenated alkanes) is 1. The van der Waals surface area contributed by atoms with Crippen molar-refractivity contribution in [2.75, 3.05) is 6.61 Å². The lowest BCUT2D eigenvalue weighted by molar-refractivity contribution is -0.139. The topological polar surface area (TPSA) is 114 Å². The molecule has 104 valence electrons. The lowest BCUT2D eigenvalue weighted by Crippen LogP contribution is -2.43. The number of aromatic nitrogens is 3. The second-order valence-corrected chi connectivity index (χ2v) is 3.96. The molecule has 0 aromatic carbocycles. The lowest BCUT2D eigenvalue weighted by Gasteiger charge is -2.05. The minimum Gasteiger partial charge on any atom is -0.462 e. The van der Waals surface area contributed by atoms with Crippen LogP contribution in [0.3, 0.4) is 0 Å². The van der Waals surface area contributed by atoms with Crippen LogP contribution in [0.25, 0.3) is 0 Å². The van der Waals surface area contributed by atoms with E-state index in [0.29, 0.717) is 18.4 Å². The van der Waals surface area contributed by atoms with Gasteiger partial charge in [0, 0.05) is 12.1 Å². The molecule has 2 N–H and O–H groups in total. The second kappa shape index (κ2) is 6.53. The molecule has 0 fully saturated rings. The molecule has 0 radical (unpaired) electrons. The van der Waals surface area contributed by atoms with E-state index in [-0.39, 0.29) is 13.2 Å². The summed E-state index contributed by atoms with van der Waals surface area (Å²) in [5.41, 5.74) is -2.03. The van der Waals surface area contributed by atoms with Crippen molar-refractivity contribution in [3.63, 3.8) is 0 Å². The van der Waals surface area contributed by atoms with E-state index >= 15 is 0 Å². The quantitative estimate of drug-likeness (QED) is 0.395. The van der Waals surface area contributed by atoms with Gasteiger partial charge in [0.15, 0.2) is 0 Å². The first-order valence-corrected chi connectivity index (χ1v) is 5.68. The summed E-state index contributed by atoms with van der Waals surface area (Å²) < 4.78 is 5.73. The van der Waals surface area contributed by atoms with E-state index in [2.05, 4.69) is 6.58 Å². The molecule has 8 heteroatoms. The number of carbonyl (C=O) groups excluding carboxylic acids is 1. The Morgan fingerprint density at radius 3 is 2.32 bits per heavy atom. The molecule has 0 aliphatic carbocycles. The summed E-state index contributed by atoms with van der Waals surface area (Å²) in [5.74, 6) is -0.473. The Labute approximate surface area is 107 Å². The van der Waals surface area contributed by atoms with Gasteiger partial charge in [-0.05, 0) is 19.8 Å². The smallest absolute Gasteiger partial charge is 0.333 e. The monoisotopic (exact) mass is 269 g/mol. The van der Waals surface area contributed by atoms with Gasteiger partial charge < -0.3 is 4.74 Å². The molecule has 1 heterocycles. The van der Waals surface area contributed by atoms with E-state index in [1.807, 2.05) is 9.97 Å². The maximum atomic E-state index is 11.3. The van der Waals surface area contributed by atoms with Crippen LogP contribution in [-0.4, -0.2) is 27.1 Å². The van der Waals surface area contributed by atoms with Gasteiger partial charge >= 0.3 is 23.0 Å². The Morgan fingerprint density at radius 1 is 1.21 bits per heavy atom. The van der Waals surface area contributed by atoms with Gasteiger partial charge in [0.05, 0.1) is 6.61 Å². The van der Waals surface area contributed by atoms with Gasteiger partial charge in [-0.1, -0.05) is 6.58 Å². The molecule has 1 aromatic heterocycles. The molecular formula is C11H15N3O5. The number of hydrogen-bond donors (Lipinski definition) is 2. The number of hydrogen-bond acceptors (Lipinski definition) is 5. The lowest BCUT2D eigenvalue weighted by atomic mass is 10.3. The average molecular weight is 269 g/mol. The van der Waals surface area contributed by atoms with E-state index in [1.165, 1.54) is 0 Å². The van der Waals surface area contributed by atoms with Crippen LogP contribution in [0.15, 0.2) is 26.5 Å². The number of carbonyl (C=O) groups is 1. The van der Waals surface area contributed by atoms with E-state index in [0.717, 1.165) is 4.57 Å². The second-order valence-electron chi connectivity index (χ2n) is 3.96. The largest absolute Gasteiger partial charge is 0.462 e. The molecule has 19 heavy (non-hydrogen) atoms. The van der Waals surface area contributed by atoms with E-state index < -0.39 is 23.0 Å². The third-order valence-electron chi connectivity index (χ3n) is 2.29. The highest BCUT2D eigenvalue weighted by atomic mass is 16.5.